The van der Waals surface area contributed by atoms with Crippen molar-refractivity contribution in [2.24, 2.45) is 0 Å². The van der Waals surface area contributed by atoms with Crippen LogP contribution in [0.4, 0.5) is 13.2 Å². The third-order valence-corrected chi connectivity index (χ3v) is 4.02. The number of rotatable bonds is 5. The summed E-state index contributed by atoms with van der Waals surface area (Å²) in [6, 6.07) is 10.7. The average Bonchev–Trinajstić information content (AvgIpc) is 3.02. The van der Waals surface area contributed by atoms with E-state index < -0.39 is 17.8 Å². The molecule has 0 saturated carbocycles. The number of aliphatic hydroxyl groups is 1. The van der Waals surface area contributed by atoms with Crippen LogP contribution in [0, 0.1) is 0 Å². The fourth-order valence-electron chi connectivity index (χ4n) is 2.74. The van der Waals surface area contributed by atoms with Gasteiger partial charge in [-0.3, -0.25) is 0 Å². The highest BCUT2D eigenvalue weighted by atomic mass is 19.4. The summed E-state index contributed by atoms with van der Waals surface area (Å²) in [6.07, 6.45) is -4.52. The zero-order valence-electron chi connectivity index (χ0n) is 12.9. The molecule has 1 aliphatic heterocycles. The lowest BCUT2D eigenvalue weighted by atomic mass is 10.1. The van der Waals surface area contributed by atoms with E-state index in [1.165, 1.54) is 12.1 Å². The van der Waals surface area contributed by atoms with Crippen molar-refractivity contribution in [2.75, 3.05) is 13.2 Å². The van der Waals surface area contributed by atoms with Crippen molar-refractivity contribution in [1.29, 1.82) is 0 Å². The van der Waals surface area contributed by atoms with Crippen molar-refractivity contribution in [3.05, 3.63) is 64.7 Å². The lowest BCUT2D eigenvalue weighted by molar-refractivity contribution is -0.137. The van der Waals surface area contributed by atoms with Gasteiger partial charge in [0, 0.05) is 19.5 Å². The normalized spacial score (nSPS) is 15.0. The number of aliphatic hydroxyl groups excluding tert-OH is 1. The molecule has 1 unspecified atom stereocenters. The number of ether oxygens (including phenoxy) is 1. The van der Waals surface area contributed by atoms with Crippen molar-refractivity contribution < 1.29 is 23.0 Å². The summed E-state index contributed by atoms with van der Waals surface area (Å²) in [4.78, 5) is 0. The molecule has 6 heteroatoms. The molecular weight excluding hydrogens is 319 g/mol. The van der Waals surface area contributed by atoms with Crippen molar-refractivity contribution in [3.63, 3.8) is 0 Å². The number of benzene rings is 2. The summed E-state index contributed by atoms with van der Waals surface area (Å²) in [5.41, 5.74) is 1.71. The van der Waals surface area contributed by atoms with Gasteiger partial charge >= 0.3 is 6.18 Å². The van der Waals surface area contributed by atoms with E-state index in [-0.39, 0.29) is 12.1 Å². The van der Waals surface area contributed by atoms with Crippen LogP contribution in [0.15, 0.2) is 42.5 Å². The maximum absolute atomic E-state index is 12.7. The van der Waals surface area contributed by atoms with Gasteiger partial charge in [-0.2, -0.15) is 13.2 Å². The van der Waals surface area contributed by atoms with Gasteiger partial charge in [-0.05, 0) is 34.9 Å². The minimum absolute atomic E-state index is 0.175. The molecule has 0 amide bonds. The van der Waals surface area contributed by atoms with Gasteiger partial charge in [0.1, 0.15) is 5.75 Å². The zero-order chi connectivity index (χ0) is 17.2. The van der Waals surface area contributed by atoms with Gasteiger partial charge < -0.3 is 15.2 Å². The standard InChI is InChI=1S/C18H18F3NO2/c19-18(20,21)15-3-1-2-13(9-15)16(23)11-22-10-12-4-5-17-14(8-12)6-7-24-17/h1-5,8-9,16,22-23H,6-7,10-11H2. The molecule has 0 aliphatic carbocycles. The van der Waals surface area contributed by atoms with Crippen molar-refractivity contribution in [1.82, 2.24) is 5.32 Å². The van der Waals surface area contributed by atoms with Gasteiger partial charge in [-0.1, -0.05) is 24.3 Å². The minimum atomic E-state index is -4.41. The van der Waals surface area contributed by atoms with Crippen LogP contribution in [0.2, 0.25) is 0 Å². The summed E-state index contributed by atoms with van der Waals surface area (Å²) in [5.74, 6) is 0.905. The first-order chi connectivity index (χ1) is 11.4. The molecule has 24 heavy (non-hydrogen) atoms. The molecule has 1 atom stereocenters. The molecule has 128 valence electrons. The molecule has 0 fully saturated rings. The van der Waals surface area contributed by atoms with E-state index in [4.69, 9.17) is 4.74 Å². The second kappa shape index (κ2) is 6.83. The number of hydrogen-bond donors (Lipinski definition) is 2. The summed E-state index contributed by atoms with van der Waals surface area (Å²) >= 11 is 0. The van der Waals surface area contributed by atoms with E-state index in [2.05, 4.69) is 5.32 Å². The first-order valence-corrected chi connectivity index (χ1v) is 7.74. The van der Waals surface area contributed by atoms with Gasteiger partial charge in [0.15, 0.2) is 0 Å². The van der Waals surface area contributed by atoms with Crippen molar-refractivity contribution in [2.45, 2.75) is 25.2 Å². The predicted molar refractivity (Wildman–Crippen MR) is 83.8 cm³/mol. The number of nitrogens with one attached hydrogen (secondary N) is 1. The lowest BCUT2D eigenvalue weighted by Gasteiger charge is -2.15. The van der Waals surface area contributed by atoms with E-state index in [0.29, 0.717) is 13.2 Å². The average molecular weight is 337 g/mol. The summed E-state index contributed by atoms with van der Waals surface area (Å²) in [6.45, 7) is 1.40. The fraction of sp³-hybridized carbons (Fsp3) is 0.333. The van der Waals surface area contributed by atoms with E-state index in [1.807, 2.05) is 18.2 Å². The Morgan fingerprint density at radius 1 is 1.17 bits per heavy atom. The number of hydrogen-bond acceptors (Lipinski definition) is 3. The van der Waals surface area contributed by atoms with Crippen LogP contribution in [0.5, 0.6) is 5.75 Å². The van der Waals surface area contributed by atoms with Crippen LogP contribution in [-0.4, -0.2) is 18.3 Å². The largest absolute Gasteiger partial charge is 0.493 e. The van der Waals surface area contributed by atoms with E-state index in [1.54, 1.807) is 0 Å². The van der Waals surface area contributed by atoms with Crippen LogP contribution < -0.4 is 10.1 Å². The number of halogens is 3. The van der Waals surface area contributed by atoms with Gasteiger partial charge in [-0.15, -0.1) is 0 Å². The highest BCUT2D eigenvalue weighted by molar-refractivity contribution is 5.39. The van der Waals surface area contributed by atoms with Crippen LogP contribution >= 0.6 is 0 Å². The Morgan fingerprint density at radius 3 is 2.79 bits per heavy atom. The number of fused-ring (bicyclic) bond motifs is 1. The maximum Gasteiger partial charge on any atom is 0.416 e. The second-order valence-electron chi connectivity index (χ2n) is 5.81. The zero-order valence-corrected chi connectivity index (χ0v) is 12.9. The highest BCUT2D eigenvalue weighted by Crippen LogP contribution is 2.30. The first kappa shape index (κ1) is 16.8. The molecule has 3 rings (SSSR count). The maximum atomic E-state index is 12.7. The SMILES string of the molecule is OC(CNCc1ccc2c(c1)CCO2)c1cccc(C(F)(F)F)c1. The molecule has 1 heterocycles. The summed E-state index contributed by atoms with van der Waals surface area (Å²) < 4.78 is 43.6. The third-order valence-electron chi connectivity index (χ3n) is 4.02. The Hall–Kier alpha value is -2.05. The fourth-order valence-corrected chi connectivity index (χ4v) is 2.74. The molecule has 3 nitrogen and oxygen atoms in total. The van der Waals surface area contributed by atoms with Crippen LogP contribution in [-0.2, 0) is 19.1 Å². The Balaban J connectivity index is 1.57. The van der Waals surface area contributed by atoms with Crippen molar-refractivity contribution in [3.8, 4) is 5.75 Å². The van der Waals surface area contributed by atoms with Gasteiger partial charge in [0.25, 0.3) is 0 Å². The molecule has 2 aromatic carbocycles. The smallest absolute Gasteiger partial charge is 0.416 e. The van der Waals surface area contributed by atoms with Crippen LogP contribution in [0.25, 0.3) is 0 Å². The Labute approximate surface area is 138 Å². The van der Waals surface area contributed by atoms with E-state index >= 15 is 0 Å². The Morgan fingerprint density at radius 2 is 2.00 bits per heavy atom. The highest BCUT2D eigenvalue weighted by Gasteiger charge is 2.30. The lowest BCUT2D eigenvalue weighted by Crippen LogP contribution is -2.21. The Bertz CT molecular complexity index is 716. The van der Waals surface area contributed by atoms with Crippen molar-refractivity contribution >= 4 is 0 Å². The predicted octanol–water partition coefficient (Wildman–Crippen LogP) is 3.46. The first-order valence-electron chi connectivity index (χ1n) is 7.74. The van der Waals surface area contributed by atoms with Gasteiger partial charge in [-0.25, -0.2) is 0 Å². The number of alkyl halides is 3. The monoisotopic (exact) mass is 337 g/mol. The minimum Gasteiger partial charge on any atom is -0.493 e. The molecule has 0 saturated heterocycles. The molecule has 1 aliphatic rings. The molecule has 2 aromatic rings. The third kappa shape index (κ3) is 3.88. The second-order valence-corrected chi connectivity index (χ2v) is 5.81. The van der Waals surface area contributed by atoms with Gasteiger partial charge in [0.2, 0.25) is 0 Å². The van der Waals surface area contributed by atoms with Gasteiger partial charge in [0.05, 0.1) is 18.3 Å². The quantitative estimate of drug-likeness (QED) is 0.878. The topological polar surface area (TPSA) is 41.5 Å². The Kier molecular flexibility index (Phi) is 4.78. The van der Waals surface area contributed by atoms with E-state index in [9.17, 15) is 18.3 Å². The van der Waals surface area contributed by atoms with Crippen LogP contribution in [0.3, 0.4) is 0 Å². The summed E-state index contributed by atoms with van der Waals surface area (Å²) in [5, 5.41) is 13.2. The summed E-state index contributed by atoms with van der Waals surface area (Å²) in [7, 11) is 0. The van der Waals surface area contributed by atoms with E-state index in [0.717, 1.165) is 35.4 Å². The molecule has 0 aromatic heterocycles. The molecule has 0 spiro atoms. The molecular formula is C18H18F3NO2. The molecule has 0 bridgehead atoms. The van der Waals surface area contributed by atoms with Crippen LogP contribution in [0.1, 0.15) is 28.4 Å². The molecule has 0 radical (unpaired) electrons. The molecule has 2 N–H and O–H groups in total.